The van der Waals surface area contributed by atoms with E-state index in [1.54, 1.807) is 0 Å². The summed E-state index contributed by atoms with van der Waals surface area (Å²) in [5.74, 6) is -0.0204. The van der Waals surface area contributed by atoms with Crippen LogP contribution in [0.1, 0.15) is 54.7 Å². The fraction of sp³-hybridized carbons (Fsp3) is 0.261. The molecule has 0 bridgehead atoms. The number of ether oxygens (including phenoxy) is 2. The maximum atomic E-state index is 12.7. The Kier molecular flexibility index (Phi) is 5.71. The number of rotatable bonds is 8. The topological polar surface area (TPSA) is 35.5 Å². The molecule has 0 saturated heterocycles. The van der Waals surface area contributed by atoms with E-state index in [0.29, 0.717) is 11.1 Å². The van der Waals surface area contributed by atoms with Crippen molar-refractivity contribution in [1.82, 2.24) is 0 Å². The number of carbonyl (C=O) groups excluding carboxylic acids is 1. The number of benzene rings is 2. The third-order valence-electron chi connectivity index (χ3n) is 4.44. The lowest BCUT2D eigenvalue weighted by molar-refractivity contribution is 0.0557. The van der Waals surface area contributed by atoms with Gasteiger partial charge in [-0.15, -0.1) is 0 Å². The highest BCUT2D eigenvalue weighted by atomic mass is 16.5. The number of hydrogen-bond acceptors (Lipinski definition) is 3. The van der Waals surface area contributed by atoms with Gasteiger partial charge in [0.2, 0.25) is 0 Å². The Morgan fingerprint density at radius 1 is 0.731 bits per heavy atom. The Labute approximate surface area is 156 Å². The van der Waals surface area contributed by atoms with Gasteiger partial charge in [-0.2, -0.15) is 0 Å². The maximum absolute atomic E-state index is 12.7. The van der Waals surface area contributed by atoms with Crippen LogP contribution in [0.5, 0.6) is 0 Å². The number of ketones is 1. The molecule has 0 aliphatic rings. The lowest BCUT2D eigenvalue weighted by atomic mass is 9.93. The Morgan fingerprint density at radius 3 is 1.31 bits per heavy atom. The van der Waals surface area contributed by atoms with E-state index in [4.69, 9.17) is 9.47 Å². The number of carbonyl (C=O) groups is 1. The fourth-order valence-corrected chi connectivity index (χ4v) is 2.77. The highest BCUT2D eigenvalue weighted by molar-refractivity contribution is 6.09. The predicted octanol–water partition coefficient (Wildman–Crippen LogP) is 5.71. The van der Waals surface area contributed by atoms with Crippen molar-refractivity contribution in [3.63, 3.8) is 0 Å². The van der Waals surface area contributed by atoms with Gasteiger partial charge < -0.3 is 9.47 Å². The Morgan fingerprint density at radius 2 is 1.04 bits per heavy atom. The zero-order chi connectivity index (χ0) is 19.4. The molecule has 0 N–H and O–H groups in total. The van der Waals surface area contributed by atoms with Crippen molar-refractivity contribution in [2.75, 3.05) is 0 Å². The highest BCUT2D eigenvalue weighted by Gasteiger charge is 2.22. The molecule has 0 heterocycles. The molecule has 2 aromatic carbocycles. The van der Waals surface area contributed by atoms with Crippen molar-refractivity contribution in [3.8, 4) is 0 Å². The standard InChI is InChI=1S/C23H26O3/c1-7-25-22(3,4)19-13-9-17(10-14-19)21(24)18-11-15-20(16-12-18)23(5,6)26-8-2/h7-16H,1-2H2,3-6H3. The van der Waals surface area contributed by atoms with Crippen LogP contribution in [0.15, 0.2) is 74.2 Å². The van der Waals surface area contributed by atoms with Crippen LogP contribution >= 0.6 is 0 Å². The average Bonchev–Trinajstić information content (AvgIpc) is 2.61. The molecule has 0 aliphatic heterocycles. The van der Waals surface area contributed by atoms with Gasteiger partial charge in [-0.3, -0.25) is 4.79 Å². The van der Waals surface area contributed by atoms with Gasteiger partial charge in [0.1, 0.15) is 11.2 Å². The van der Waals surface area contributed by atoms with Crippen LogP contribution in [0.25, 0.3) is 0 Å². The first-order chi connectivity index (χ1) is 12.2. The highest BCUT2D eigenvalue weighted by Crippen LogP contribution is 2.27. The summed E-state index contributed by atoms with van der Waals surface area (Å²) in [6, 6.07) is 14.9. The summed E-state index contributed by atoms with van der Waals surface area (Å²) < 4.78 is 11.1. The van der Waals surface area contributed by atoms with Gasteiger partial charge in [0.15, 0.2) is 5.78 Å². The minimum Gasteiger partial charge on any atom is -0.491 e. The summed E-state index contributed by atoms with van der Waals surface area (Å²) in [6.07, 6.45) is 2.86. The second kappa shape index (κ2) is 7.61. The van der Waals surface area contributed by atoms with E-state index in [9.17, 15) is 4.79 Å². The minimum absolute atomic E-state index is 0.0204. The van der Waals surface area contributed by atoms with E-state index in [1.165, 1.54) is 12.5 Å². The molecule has 0 amide bonds. The monoisotopic (exact) mass is 350 g/mol. The molecular formula is C23H26O3. The van der Waals surface area contributed by atoms with Gasteiger partial charge >= 0.3 is 0 Å². The van der Waals surface area contributed by atoms with Crippen molar-refractivity contribution >= 4 is 5.78 Å². The fourth-order valence-electron chi connectivity index (χ4n) is 2.77. The molecule has 2 rings (SSSR count). The summed E-state index contributed by atoms with van der Waals surface area (Å²) in [5.41, 5.74) is 2.26. The van der Waals surface area contributed by atoms with Crippen LogP contribution in [0.3, 0.4) is 0 Å². The lowest BCUT2D eigenvalue weighted by Crippen LogP contribution is -2.19. The van der Waals surface area contributed by atoms with E-state index < -0.39 is 11.2 Å². The molecule has 0 spiro atoms. The van der Waals surface area contributed by atoms with E-state index in [0.717, 1.165) is 11.1 Å². The van der Waals surface area contributed by atoms with Gasteiger partial charge in [0, 0.05) is 11.1 Å². The number of hydrogen-bond donors (Lipinski definition) is 0. The Hall–Kier alpha value is -2.81. The van der Waals surface area contributed by atoms with Crippen molar-refractivity contribution in [1.29, 1.82) is 0 Å². The zero-order valence-electron chi connectivity index (χ0n) is 15.9. The van der Waals surface area contributed by atoms with Gasteiger partial charge in [-0.1, -0.05) is 61.7 Å². The van der Waals surface area contributed by atoms with Gasteiger partial charge in [0.25, 0.3) is 0 Å². The average molecular weight is 350 g/mol. The third-order valence-corrected chi connectivity index (χ3v) is 4.44. The Balaban J connectivity index is 2.21. The van der Waals surface area contributed by atoms with Crippen LogP contribution in [0, 0.1) is 0 Å². The molecule has 0 saturated carbocycles. The second-order valence-electron chi connectivity index (χ2n) is 7.07. The molecular weight excluding hydrogens is 324 g/mol. The first-order valence-electron chi connectivity index (χ1n) is 8.54. The summed E-state index contributed by atoms with van der Waals surface area (Å²) in [4.78, 5) is 12.7. The van der Waals surface area contributed by atoms with Crippen LogP contribution < -0.4 is 0 Å². The van der Waals surface area contributed by atoms with Crippen molar-refractivity contribution in [2.24, 2.45) is 0 Å². The molecule has 0 radical (unpaired) electrons. The van der Waals surface area contributed by atoms with Crippen LogP contribution in [-0.4, -0.2) is 5.78 Å². The van der Waals surface area contributed by atoms with E-state index in [1.807, 2.05) is 76.2 Å². The summed E-state index contributed by atoms with van der Waals surface area (Å²) >= 11 is 0. The van der Waals surface area contributed by atoms with E-state index in [2.05, 4.69) is 13.2 Å². The summed E-state index contributed by atoms with van der Waals surface area (Å²) in [5, 5.41) is 0. The normalized spacial score (nSPS) is 11.5. The predicted molar refractivity (Wildman–Crippen MR) is 105 cm³/mol. The maximum Gasteiger partial charge on any atom is 0.193 e. The molecule has 0 unspecified atom stereocenters. The largest absolute Gasteiger partial charge is 0.491 e. The second-order valence-corrected chi connectivity index (χ2v) is 7.07. The third kappa shape index (κ3) is 4.23. The smallest absolute Gasteiger partial charge is 0.193 e. The minimum atomic E-state index is -0.484. The summed E-state index contributed by atoms with van der Waals surface area (Å²) in [7, 11) is 0. The van der Waals surface area contributed by atoms with Crippen LogP contribution in [-0.2, 0) is 20.7 Å². The molecule has 0 aliphatic carbocycles. The molecule has 136 valence electrons. The summed E-state index contributed by atoms with van der Waals surface area (Å²) in [6.45, 7) is 15.0. The lowest BCUT2D eigenvalue weighted by Gasteiger charge is -2.25. The van der Waals surface area contributed by atoms with E-state index in [-0.39, 0.29) is 5.78 Å². The van der Waals surface area contributed by atoms with Crippen LogP contribution in [0.2, 0.25) is 0 Å². The quantitative estimate of drug-likeness (QED) is 0.452. The first kappa shape index (κ1) is 19.5. The zero-order valence-corrected chi connectivity index (χ0v) is 15.9. The van der Waals surface area contributed by atoms with Gasteiger partial charge in [0.05, 0.1) is 12.5 Å². The molecule has 26 heavy (non-hydrogen) atoms. The van der Waals surface area contributed by atoms with Crippen molar-refractivity contribution in [3.05, 3.63) is 96.5 Å². The van der Waals surface area contributed by atoms with Crippen molar-refractivity contribution < 1.29 is 14.3 Å². The van der Waals surface area contributed by atoms with Gasteiger partial charge in [-0.05, 0) is 38.8 Å². The Bertz CT molecular complexity index is 714. The SMILES string of the molecule is C=COC(C)(C)c1ccc(C(=O)c2ccc(C(C)(C)OC=C)cc2)cc1. The van der Waals surface area contributed by atoms with Crippen LogP contribution in [0.4, 0.5) is 0 Å². The first-order valence-corrected chi connectivity index (χ1v) is 8.54. The molecule has 2 aromatic rings. The molecule has 0 atom stereocenters. The van der Waals surface area contributed by atoms with E-state index >= 15 is 0 Å². The molecule has 3 heteroatoms. The van der Waals surface area contributed by atoms with Crippen molar-refractivity contribution in [2.45, 2.75) is 38.9 Å². The van der Waals surface area contributed by atoms with Gasteiger partial charge in [-0.25, -0.2) is 0 Å². The molecule has 0 aromatic heterocycles. The molecule has 0 fully saturated rings. The molecule has 3 nitrogen and oxygen atoms in total.